The summed E-state index contributed by atoms with van der Waals surface area (Å²) in [6.07, 6.45) is 3.06. The molecule has 0 unspecified atom stereocenters. The summed E-state index contributed by atoms with van der Waals surface area (Å²) in [6.45, 7) is 4.93. The molecule has 29 heavy (non-hydrogen) atoms. The van der Waals surface area contributed by atoms with Gasteiger partial charge in [0.15, 0.2) is 0 Å². The number of methoxy groups -OCH3 is 1. The molecule has 1 aromatic heterocycles. The predicted molar refractivity (Wildman–Crippen MR) is 108 cm³/mol. The van der Waals surface area contributed by atoms with Gasteiger partial charge in [0.1, 0.15) is 23.5 Å². The van der Waals surface area contributed by atoms with Gasteiger partial charge in [0.05, 0.1) is 7.11 Å². The number of carbonyl (C=O) groups excluding carboxylic acids is 1. The first-order valence-corrected chi connectivity index (χ1v) is 10.4. The lowest BCUT2D eigenvalue weighted by atomic mass is 10.2. The molecule has 1 fully saturated rings. The molecule has 1 amide bonds. The topological polar surface area (TPSA) is 81.5 Å². The maximum absolute atomic E-state index is 12.1. The third-order valence-electron chi connectivity index (χ3n) is 5.63. The van der Waals surface area contributed by atoms with Crippen molar-refractivity contribution in [1.29, 1.82) is 0 Å². The Kier molecular flexibility index (Phi) is 6.41. The van der Waals surface area contributed by atoms with Gasteiger partial charge in [-0.3, -0.25) is 9.69 Å². The average Bonchev–Trinajstić information content (AvgIpc) is 3.37. The first kappa shape index (κ1) is 19.8. The van der Waals surface area contributed by atoms with Crippen molar-refractivity contribution in [2.24, 2.45) is 0 Å². The molecule has 1 atom stereocenters. The molecule has 2 aliphatic rings. The van der Waals surface area contributed by atoms with Crippen LogP contribution in [0.3, 0.4) is 0 Å². The second-order valence-electron chi connectivity index (χ2n) is 7.60. The number of fused-ring (bicyclic) bond motifs is 1. The Morgan fingerprint density at radius 2 is 2.10 bits per heavy atom. The fraction of sp³-hybridized carbons (Fsp3) is 0.571. The maximum Gasteiger partial charge on any atom is 0.249 e. The lowest BCUT2D eigenvalue weighted by molar-refractivity contribution is -0.130. The quantitative estimate of drug-likeness (QED) is 0.753. The highest BCUT2D eigenvalue weighted by atomic mass is 16.5. The minimum Gasteiger partial charge on any atom is -0.497 e. The van der Waals surface area contributed by atoms with Gasteiger partial charge in [-0.05, 0) is 30.5 Å². The molecule has 0 saturated carbocycles. The zero-order valence-electron chi connectivity index (χ0n) is 17.0. The van der Waals surface area contributed by atoms with Gasteiger partial charge in [0, 0.05) is 52.2 Å². The van der Waals surface area contributed by atoms with Crippen molar-refractivity contribution in [2.45, 2.75) is 44.9 Å². The molecule has 2 aromatic rings. The molecule has 156 valence electrons. The predicted octanol–water partition coefficient (Wildman–Crippen LogP) is 1.18. The molecule has 0 aliphatic carbocycles. The van der Waals surface area contributed by atoms with E-state index >= 15 is 0 Å². The number of benzene rings is 1. The third kappa shape index (κ3) is 4.94. The van der Waals surface area contributed by atoms with Crippen LogP contribution in [0, 0.1) is 0 Å². The van der Waals surface area contributed by atoms with Gasteiger partial charge >= 0.3 is 0 Å². The zero-order chi connectivity index (χ0) is 20.1. The summed E-state index contributed by atoms with van der Waals surface area (Å²) in [4.78, 5) is 14.5. The van der Waals surface area contributed by atoms with E-state index in [0.717, 1.165) is 62.8 Å². The highest BCUT2D eigenvalue weighted by Gasteiger charge is 2.23. The van der Waals surface area contributed by atoms with Crippen LogP contribution < -0.4 is 10.1 Å². The van der Waals surface area contributed by atoms with Gasteiger partial charge < -0.3 is 19.4 Å². The Bertz CT molecular complexity index is 814. The smallest absolute Gasteiger partial charge is 0.249 e. The van der Waals surface area contributed by atoms with Gasteiger partial charge in [0.2, 0.25) is 5.91 Å². The normalized spacial score (nSPS) is 19.6. The monoisotopic (exact) mass is 399 g/mol. The largest absolute Gasteiger partial charge is 0.497 e. The highest BCUT2D eigenvalue weighted by Crippen LogP contribution is 2.16. The Hall–Kier alpha value is -2.45. The minimum absolute atomic E-state index is 0.0104. The van der Waals surface area contributed by atoms with E-state index in [1.807, 2.05) is 12.1 Å². The molecule has 1 saturated heterocycles. The molecule has 0 bridgehead atoms. The van der Waals surface area contributed by atoms with Crippen LogP contribution in [-0.2, 0) is 35.5 Å². The second kappa shape index (κ2) is 9.37. The lowest BCUT2D eigenvalue weighted by Gasteiger charge is -2.19. The van der Waals surface area contributed by atoms with E-state index in [-0.39, 0.29) is 12.0 Å². The first-order valence-electron chi connectivity index (χ1n) is 10.4. The molecule has 1 N–H and O–H groups in total. The van der Waals surface area contributed by atoms with Crippen LogP contribution >= 0.6 is 0 Å². The first-order chi connectivity index (χ1) is 14.2. The molecular formula is C21H29N5O3. The molecular weight excluding hydrogens is 370 g/mol. The number of nitrogens with zero attached hydrogens (tertiary/aromatic N) is 4. The number of rotatable bonds is 7. The van der Waals surface area contributed by atoms with E-state index in [9.17, 15) is 4.79 Å². The number of ether oxygens (including phenoxy) is 2. The van der Waals surface area contributed by atoms with Gasteiger partial charge in [0.25, 0.3) is 0 Å². The third-order valence-corrected chi connectivity index (χ3v) is 5.63. The standard InChI is InChI=1S/C21H29N5O3/c1-28-17-6-4-16(5-7-17)15-25-11-9-20-24-23-19(26(20)13-12-25)8-10-22-21(27)18-3-2-14-29-18/h4-7,18H,2-3,8-15H2,1H3,(H,22,27)/t18-/m0/s1. The van der Waals surface area contributed by atoms with Crippen LogP contribution in [-0.4, -0.2) is 65.0 Å². The SMILES string of the molecule is COc1ccc(CN2CCc3nnc(CCNC(=O)[C@@H]4CCCO4)n3CC2)cc1. The van der Waals surface area contributed by atoms with Crippen molar-refractivity contribution in [2.75, 3.05) is 33.4 Å². The molecule has 1 aromatic carbocycles. The molecule has 2 aliphatic heterocycles. The lowest BCUT2D eigenvalue weighted by Crippen LogP contribution is -2.35. The summed E-state index contributed by atoms with van der Waals surface area (Å²) in [5.41, 5.74) is 1.28. The van der Waals surface area contributed by atoms with Crippen molar-refractivity contribution < 1.29 is 14.3 Å². The Morgan fingerprint density at radius 1 is 1.24 bits per heavy atom. The average molecular weight is 399 g/mol. The summed E-state index contributed by atoms with van der Waals surface area (Å²) in [6, 6.07) is 8.24. The number of amides is 1. The van der Waals surface area contributed by atoms with Crippen LogP contribution in [0.1, 0.15) is 30.1 Å². The van der Waals surface area contributed by atoms with Gasteiger partial charge in [-0.25, -0.2) is 0 Å². The molecule has 8 nitrogen and oxygen atoms in total. The number of aromatic nitrogens is 3. The van der Waals surface area contributed by atoms with Crippen molar-refractivity contribution in [3.8, 4) is 5.75 Å². The number of hydrogen-bond acceptors (Lipinski definition) is 6. The van der Waals surface area contributed by atoms with Crippen LogP contribution in [0.15, 0.2) is 24.3 Å². The van der Waals surface area contributed by atoms with E-state index < -0.39 is 0 Å². The maximum atomic E-state index is 12.1. The van der Waals surface area contributed by atoms with Crippen molar-refractivity contribution in [3.63, 3.8) is 0 Å². The number of nitrogens with one attached hydrogen (secondary N) is 1. The van der Waals surface area contributed by atoms with Crippen LogP contribution in [0.5, 0.6) is 5.75 Å². The van der Waals surface area contributed by atoms with Crippen LogP contribution in [0.25, 0.3) is 0 Å². The Morgan fingerprint density at radius 3 is 2.86 bits per heavy atom. The van der Waals surface area contributed by atoms with Gasteiger partial charge in [-0.15, -0.1) is 10.2 Å². The highest BCUT2D eigenvalue weighted by molar-refractivity contribution is 5.80. The zero-order valence-corrected chi connectivity index (χ0v) is 17.0. The fourth-order valence-corrected chi connectivity index (χ4v) is 3.95. The second-order valence-corrected chi connectivity index (χ2v) is 7.60. The van der Waals surface area contributed by atoms with Crippen molar-refractivity contribution in [3.05, 3.63) is 41.5 Å². The van der Waals surface area contributed by atoms with Gasteiger partial charge in [-0.2, -0.15) is 0 Å². The van der Waals surface area contributed by atoms with Crippen LogP contribution in [0.2, 0.25) is 0 Å². The van der Waals surface area contributed by atoms with E-state index in [1.165, 1.54) is 5.56 Å². The molecule has 0 spiro atoms. The van der Waals surface area contributed by atoms with E-state index in [4.69, 9.17) is 9.47 Å². The fourth-order valence-electron chi connectivity index (χ4n) is 3.95. The molecule has 8 heteroatoms. The number of carbonyl (C=O) groups is 1. The molecule has 4 rings (SSSR count). The summed E-state index contributed by atoms with van der Waals surface area (Å²) >= 11 is 0. The summed E-state index contributed by atoms with van der Waals surface area (Å²) in [5.74, 6) is 2.84. The van der Waals surface area contributed by atoms with E-state index in [0.29, 0.717) is 19.6 Å². The van der Waals surface area contributed by atoms with Gasteiger partial charge in [-0.1, -0.05) is 12.1 Å². The van der Waals surface area contributed by atoms with E-state index in [2.05, 4.69) is 37.1 Å². The molecule has 0 radical (unpaired) electrons. The minimum atomic E-state index is -0.281. The summed E-state index contributed by atoms with van der Waals surface area (Å²) in [7, 11) is 1.69. The Labute approximate surface area is 171 Å². The van der Waals surface area contributed by atoms with E-state index in [1.54, 1.807) is 7.11 Å². The summed E-state index contributed by atoms with van der Waals surface area (Å²) < 4.78 is 12.9. The van der Waals surface area contributed by atoms with Crippen LogP contribution in [0.4, 0.5) is 0 Å². The van der Waals surface area contributed by atoms with Crippen molar-refractivity contribution >= 4 is 5.91 Å². The van der Waals surface area contributed by atoms with Crippen molar-refractivity contribution in [1.82, 2.24) is 25.0 Å². The summed E-state index contributed by atoms with van der Waals surface area (Å²) in [5, 5.41) is 11.7. The number of hydrogen-bond donors (Lipinski definition) is 1. The molecule has 3 heterocycles. The Balaban J connectivity index is 1.28.